The van der Waals surface area contributed by atoms with E-state index in [9.17, 15) is 27.9 Å². The van der Waals surface area contributed by atoms with Gasteiger partial charge in [0, 0.05) is 24.5 Å². The third-order valence-electron chi connectivity index (χ3n) is 6.29. The summed E-state index contributed by atoms with van der Waals surface area (Å²) in [5.41, 5.74) is -0.0822. The van der Waals surface area contributed by atoms with E-state index in [-0.39, 0.29) is 23.4 Å². The van der Waals surface area contributed by atoms with Crippen LogP contribution in [0, 0.1) is 0 Å². The number of carbonyl (C=O) groups is 2. The van der Waals surface area contributed by atoms with Crippen molar-refractivity contribution in [2.45, 2.75) is 44.9 Å². The summed E-state index contributed by atoms with van der Waals surface area (Å²) in [4.78, 5) is 31.5. The molecular formula is C29H27F3N2O4. The van der Waals surface area contributed by atoms with E-state index in [2.05, 4.69) is 11.9 Å². The van der Waals surface area contributed by atoms with Gasteiger partial charge in [-0.05, 0) is 60.0 Å². The predicted octanol–water partition coefficient (Wildman–Crippen LogP) is 6.29. The molecule has 3 aromatic rings. The minimum atomic E-state index is -4.56. The van der Waals surface area contributed by atoms with Gasteiger partial charge in [-0.25, -0.2) is 0 Å². The molecule has 2 heterocycles. The molecule has 9 heteroatoms. The number of carbonyl (C=O) groups excluding carboxylic acids is 2. The molecule has 0 radical (unpaired) electrons. The third kappa shape index (κ3) is 5.88. The first-order chi connectivity index (χ1) is 18.2. The van der Waals surface area contributed by atoms with Crippen molar-refractivity contribution in [3.8, 4) is 5.75 Å². The van der Waals surface area contributed by atoms with Gasteiger partial charge in [0.2, 0.25) is 0 Å². The molecule has 6 nitrogen and oxygen atoms in total. The second-order valence-electron chi connectivity index (χ2n) is 8.99. The van der Waals surface area contributed by atoms with Crippen LogP contribution in [-0.4, -0.2) is 33.3 Å². The van der Waals surface area contributed by atoms with Crippen LogP contribution in [0.25, 0.3) is 5.76 Å². The van der Waals surface area contributed by atoms with Gasteiger partial charge in [-0.15, -0.1) is 0 Å². The van der Waals surface area contributed by atoms with Gasteiger partial charge in [-0.3, -0.25) is 14.6 Å². The Labute approximate surface area is 218 Å². The van der Waals surface area contributed by atoms with Crippen LogP contribution < -0.4 is 4.74 Å². The Kier molecular flexibility index (Phi) is 8.14. The maximum absolute atomic E-state index is 13.3. The van der Waals surface area contributed by atoms with Gasteiger partial charge in [-0.1, -0.05) is 38.0 Å². The molecule has 1 atom stereocenters. The molecule has 2 aromatic carbocycles. The molecule has 1 N–H and O–H groups in total. The van der Waals surface area contributed by atoms with E-state index >= 15 is 0 Å². The molecule has 1 amide bonds. The van der Waals surface area contributed by atoms with Crippen molar-refractivity contribution < 1.29 is 32.6 Å². The number of benzene rings is 2. The Hall–Kier alpha value is -4.14. The molecule has 38 heavy (non-hydrogen) atoms. The topological polar surface area (TPSA) is 79.7 Å². The number of likely N-dealkylation sites (tertiary alicyclic amines) is 1. The van der Waals surface area contributed by atoms with Crippen molar-refractivity contribution in [2.24, 2.45) is 0 Å². The maximum Gasteiger partial charge on any atom is 0.416 e. The van der Waals surface area contributed by atoms with Crippen LogP contribution in [0.15, 0.2) is 78.6 Å². The number of ketones is 1. The number of halogens is 3. The highest BCUT2D eigenvalue weighted by Gasteiger charge is 2.46. The summed E-state index contributed by atoms with van der Waals surface area (Å²) in [5.74, 6) is -1.63. The molecule has 1 unspecified atom stereocenters. The van der Waals surface area contributed by atoms with Gasteiger partial charge >= 0.3 is 6.18 Å². The fourth-order valence-electron chi connectivity index (χ4n) is 4.38. The lowest BCUT2D eigenvalue weighted by molar-refractivity contribution is -0.140. The Balaban J connectivity index is 1.69. The quantitative estimate of drug-likeness (QED) is 0.154. The Morgan fingerprint density at radius 2 is 1.82 bits per heavy atom. The number of hydrogen-bond acceptors (Lipinski definition) is 5. The average Bonchev–Trinajstić information content (AvgIpc) is 3.16. The van der Waals surface area contributed by atoms with E-state index in [0.717, 1.165) is 36.3 Å². The van der Waals surface area contributed by atoms with Gasteiger partial charge in [0.1, 0.15) is 11.5 Å². The van der Waals surface area contributed by atoms with Crippen molar-refractivity contribution in [2.75, 3.05) is 6.61 Å². The van der Waals surface area contributed by atoms with Gasteiger partial charge in [0.05, 0.1) is 23.8 Å². The van der Waals surface area contributed by atoms with Crippen LogP contribution in [0.1, 0.15) is 54.5 Å². The molecule has 1 saturated heterocycles. The molecule has 4 rings (SSSR count). The zero-order valence-corrected chi connectivity index (χ0v) is 20.7. The van der Waals surface area contributed by atoms with Crippen molar-refractivity contribution in [1.29, 1.82) is 0 Å². The zero-order chi connectivity index (χ0) is 27.3. The second-order valence-corrected chi connectivity index (χ2v) is 8.99. The number of ether oxygens (including phenoxy) is 1. The summed E-state index contributed by atoms with van der Waals surface area (Å²) >= 11 is 0. The molecular weight excluding hydrogens is 497 g/mol. The fraction of sp³-hybridized carbons (Fsp3) is 0.276. The van der Waals surface area contributed by atoms with E-state index in [4.69, 9.17) is 4.74 Å². The molecule has 0 bridgehead atoms. The number of nitrogens with zero attached hydrogens (tertiary/aromatic N) is 2. The van der Waals surface area contributed by atoms with Gasteiger partial charge in [0.15, 0.2) is 0 Å². The van der Waals surface area contributed by atoms with Crippen molar-refractivity contribution in [3.63, 3.8) is 0 Å². The molecule has 0 spiro atoms. The van der Waals surface area contributed by atoms with E-state index in [0.29, 0.717) is 23.5 Å². The summed E-state index contributed by atoms with van der Waals surface area (Å²) in [6.45, 7) is 2.38. The summed E-state index contributed by atoms with van der Waals surface area (Å²) in [6, 6.07) is 13.3. The molecule has 1 aromatic heterocycles. The Bertz CT molecular complexity index is 1320. The lowest BCUT2D eigenvalue weighted by Gasteiger charge is -2.25. The molecule has 1 aliphatic rings. The number of unbranched alkanes of at least 4 members (excludes halogenated alkanes) is 2. The third-order valence-corrected chi connectivity index (χ3v) is 6.29. The smallest absolute Gasteiger partial charge is 0.416 e. The van der Waals surface area contributed by atoms with Crippen LogP contribution in [0.5, 0.6) is 5.75 Å². The van der Waals surface area contributed by atoms with Gasteiger partial charge in [-0.2, -0.15) is 13.2 Å². The van der Waals surface area contributed by atoms with Crippen molar-refractivity contribution in [1.82, 2.24) is 9.88 Å². The van der Waals surface area contributed by atoms with Crippen LogP contribution in [0.4, 0.5) is 13.2 Å². The van der Waals surface area contributed by atoms with Crippen LogP contribution in [-0.2, 0) is 22.3 Å². The second kappa shape index (κ2) is 11.5. The van der Waals surface area contributed by atoms with E-state index < -0.39 is 29.5 Å². The molecule has 1 aliphatic heterocycles. The van der Waals surface area contributed by atoms with Gasteiger partial charge in [0.25, 0.3) is 11.7 Å². The SMILES string of the molecule is CCCCCOc1ccc(/C(O)=C2\C(=O)C(=O)N(Cc3cccc(C(F)(F)F)c3)C2c2cccnc2)cc1. The monoisotopic (exact) mass is 524 g/mol. The predicted molar refractivity (Wildman–Crippen MR) is 135 cm³/mol. The van der Waals surface area contributed by atoms with E-state index in [1.165, 1.54) is 24.5 Å². The van der Waals surface area contributed by atoms with E-state index in [1.807, 2.05) is 0 Å². The van der Waals surface area contributed by atoms with E-state index in [1.54, 1.807) is 36.4 Å². The Morgan fingerprint density at radius 1 is 1.05 bits per heavy atom. The molecule has 0 aliphatic carbocycles. The number of Topliss-reactive ketones (excluding diaryl/α,β-unsaturated/α-hetero) is 1. The first kappa shape index (κ1) is 26.9. The number of aromatic nitrogens is 1. The van der Waals surface area contributed by atoms with Gasteiger partial charge < -0.3 is 14.7 Å². The first-order valence-corrected chi connectivity index (χ1v) is 12.3. The summed E-state index contributed by atoms with van der Waals surface area (Å²) in [7, 11) is 0. The maximum atomic E-state index is 13.3. The standard InChI is InChI=1S/C29H27F3N2O4/c1-2-3-4-15-38-23-12-10-20(11-13-23)26(35)24-25(21-8-6-14-33-17-21)34(28(37)27(24)36)18-19-7-5-9-22(16-19)29(30,31)32/h5-14,16-17,25,35H,2-4,15,18H2,1H3/b26-24+. The largest absolute Gasteiger partial charge is 0.507 e. The first-order valence-electron chi connectivity index (χ1n) is 12.3. The normalized spacial score (nSPS) is 17.2. The summed E-state index contributed by atoms with van der Waals surface area (Å²) in [6.07, 6.45) is 1.45. The molecule has 0 saturated carbocycles. The number of hydrogen-bond donors (Lipinski definition) is 1. The fourth-order valence-corrected chi connectivity index (χ4v) is 4.38. The van der Waals surface area contributed by atoms with Crippen LogP contribution in [0.2, 0.25) is 0 Å². The lowest BCUT2D eigenvalue weighted by atomic mass is 9.96. The average molecular weight is 525 g/mol. The number of alkyl halides is 3. The van der Waals surface area contributed by atoms with Crippen molar-refractivity contribution >= 4 is 17.4 Å². The summed E-state index contributed by atoms with van der Waals surface area (Å²) < 4.78 is 45.5. The zero-order valence-electron chi connectivity index (χ0n) is 20.7. The number of aliphatic hydroxyl groups is 1. The number of amides is 1. The lowest BCUT2D eigenvalue weighted by Crippen LogP contribution is -2.29. The minimum absolute atomic E-state index is 0.161. The number of pyridine rings is 1. The number of rotatable bonds is 9. The van der Waals surface area contributed by atoms with Crippen LogP contribution in [0.3, 0.4) is 0 Å². The highest BCUT2D eigenvalue weighted by atomic mass is 19.4. The van der Waals surface area contributed by atoms with Crippen LogP contribution >= 0.6 is 0 Å². The molecule has 198 valence electrons. The van der Waals surface area contributed by atoms with Crippen molar-refractivity contribution in [3.05, 3.63) is 101 Å². The number of aliphatic hydroxyl groups excluding tert-OH is 1. The minimum Gasteiger partial charge on any atom is -0.507 e. The molecule has 1 fully saturated rings. The Morgan fingerprint density at radius 3 is 2.47 bits per heavy atom. The summed E-state index contributed by atoms with van der Waals surface area (Å²) in [5, 5.41) is 11.2. The highest BCUT2D eigenvalue weighted by molar-refractivity contribution is 6.46. The highest BCUT2D eigenvalue weighted by Crippen LogP contribution is 2.40.